The molecule has 2 aromatic carbocycles. The number of unbranched alkanes of at least 4 members (excludes halogenated alkanes) is 6. The van der Waals surface area contributed by atoms with E-state index in [0.29, 0.717) is 6.42 Å². The van der Waals surface area contributed by atoms with E-state index in [0.717, 1.165) is 29.3 Å². The van der Waals surface area contributed by atoms with Gasteiger partial charge in [0, 0.05) is 12.1 Å². The Morgan fingerprint density at radius 1 is 0.880 bits per heavy atom. The second kappa shape index (κ2) is 9.82. The molecule has 2 aromatic rings. The summed E-state index contributed by atoms with van der Waals surface area (Å²) in [5, 5.41) is 13.7. The van der Waals surface area contributed by atoms with Gasteiger partial charge in [0.05, 0.1) is 5.56 Å². The van der Waals surface area contributed by atoms with E-state index in [2.05, 4.69) is 12.2 Å². The maximum Gasteiger partial charge on any atom is 0.335 e. The molecule has 1 amide bonds. The number of carbonyl (C=O) groups is 2. The van der Waals surface area contributed by atoms with Crippen molar-refractivity contribution in [2.45, 2.75) is 58.3 Å². The molecular weight excluding hydrogens is 314 g/mol. The van der Waals surface area contributed by atoms with Gasteiger partial charge in [-0.2, -0.15) is 0 Å². The van der Waals surface area contributed by atoms with Crippen LogP contribution in [0, 0.1) is 0 Å². The molecule has 134 valence electrons. The highest BCUT2D eigenvalue weighted by atomic mass is 16.4. The molecule has 0 fully saturated rings. The summed E-state index contributed by atoms with van der Waals surface area (Å²) in [5.74, 6) is -0.899. The zero-order chi connectivity index (χ0) is 18.1. The normalized spacial score (nSPS) is 10.8. The van der Waals surface area contributed by atoms with Crippen LogP contribution in [0.4, 0.5) is 5.69 Å². The van der Waals surface area contributed by atoms with Crippen molar-refractivity contribution >= 4 is 28.3 Å². The number of rotatable bonds is 10. The average Bonchev–Trinajstić information content (AvgIpc) is 2.60. The Labute approximate surface area is 149 Å². The number of carboxylic acids is 1. The molecule has 0 atom stereocenters. The van der Waals surface area contributed by atoms with Gasteiger partial charge in [0.2, 0.25) is 5.91 Å². The molecule has 0 bridgehead atoms. The Kier molecular flexibility index (Phi) is 7.45. The van der Waals surface area contributed by atoms with E-state index in [1.807, 2.05) is 18.2 Å². The molecular formula is C21H27NO3. The number of amides is 1. The standard InChI is InChI=1S/C21H27NO3/c1-2-3-4-5-6-7-8-9-20(23)22-19-13-12-16-14-18(21(24)25)11-10-17(16)15-19/h10-15H,2-9H2,1H3,(H,22,23)(H,24,25). The van der Waals surface area contributed by atoms with Crippen LogP contribution in [-0.4, -0.2) is 17.0 Å². The zero-order valence-corrected chi connectivity index (χ0v) is 14.9. The van der Waals surface area contributed by atoms with Crippen molar-refractivity contribution in [3.05, 3.63) is 42.0 Å². The van der Waals surface area contributed by atoms with Crippen LogP contribution in [0.1, 0.15) is 68.6 Å². The van der Waals surface area contributed by atoms with Gasteiger partial charge >= 0.3 is 5.97 Å². The molecule has 25 heavy (non-hydrogen) atoms. The third-order valence-electron chi connectivity index (χ3n) is 4.38. The van der Waals surface area contributed by atoms with E-state index in [-0.39, 0.29) is 11.5 Å². The fourth-order valence-corrected chi connectivity index (χ4v) is 2.92. The number of hydrogen-bond acceptors (Lipinski definition) is 2. The summed E-state index contributed by atoms with van der Waals surface area (Å²) in [5.41, 5.74) is 1.02. The Balaban J connectivity index is 1.80. The van der Waals surface area contributed by atoms with Crippen molar-refractivity contribution < 1.29 is 14.7 Å². The number of anilines is 1. The molecule has 0 spiro atoms. The summed E-state index contributed by atoms with van der Waals surface area (Å²) in [4.78, 5) is 23.0. The fraction of sp³-hybridized carbons (Fsp3) is 0.429. The van der Waals surface area contributed by atoms with Gasteiger partial charge in [-0.1, -0.05) is 57.6 Å². The maximum atomic E-state index is 12.0. The van der Waals surface area contributed by atoms with E-state index in [4.69, 9.17) is 5.11 Å². The van der Waals surface area contributed by atoms with Crippen molar-refractivity contribution in [3.8, 4) is 0 Å². The van der Waals surface area contributed by atoms with Crippen LogP contribution in [0.2, 0.25) is 0 Å². The highest BCUT2D eigenvalue weighted by molar-refractivity contribution is 5.97. The lowest BCUT2D eigenvalue weighted by Gasteiger charge is -2.07. The molecule has 0 saturated heterocycles. The first-order chi connectivity index (χ1) is 12.1. The summed E-state index contributed by atoms with van der Waals surface area (Å²) in [6.45, 7) is 2.21. The molecule has 0 saturated carbocycles. The minimum absolute atomic E-state index is 0.0371. The molecule has 2 N–H and O–H groups in total. The fourth-order valence-electron chi connectivity index (χ4n) is 2.92. The molecule has 0 heterocycles. The van der Waals surface area contributed by atoms with Crippen LogP contribution in [0.3, 0.4) is 0 Å². The van der Waals surface area contributed by atoms with Gasteiger partial charge in [0.1, 0.15) is 0 Å². The second-order valence-corrected chi connectivity index (χ2v) is 6.50. The minimum Gasteiger partial charge on any atom is -0.478 e. The first kappa shape index (κ1) is 19.0. The Morgan fingerprint density at radius 3 is 2.24 bits per heavy atom. The molecule has 0 aliphatic rings. The smallest absolute Gasteiger partial charge is 0.335 e. The first-order valence-corrected chi connectivity index (χ1v) is 9.17. The van der Waals surface area contributed by atoms with Gasteiger partial charge < -0.3 is 10.4 Å². The number of carbonyl (C=O) groups excluding carboxylic acids is 1. The molecule has 0 radical (unpaired) electrons. The first-order valence-electron chi connectivity index (χ1n) is 9.17. The highest BCUT2D eigenvalue weighted by Gasteiger charge is 2.06. The molecule has 0 aliphatic carbocycles. The average molecular weight is 341 g/mol. The van der Waals surface area contributed by atoms with E-state index in [1.165, 1.54) is 32.1 Å². The predicted octanol–water partition coefficient (Wildman–Crippen LogP) is 5.62. The Bertz CT molecular complexity index is 724. The second-order valence-electron chi connectivity index (χ2n) is 6.50. The highest BCUT2D eigenvalue weighted by Crippen LogP contribution is 2.21. The Morgan fingerprint density at radius 2 is 1.52 bits per heavy atom. The molecule has 4 nitrogen and oxygen atoms in total. The number of carboxylic acid groups (broad SMARTS) is 1. The monoisotopic (exact) mass is 341 g/mol. The predicted molar refractivity (Wildman–Crippen MR) is 102 cm³/mol. The van der Waals surface area contributed by atoms with Gasteiger partial charge in [-0.3, -0.25) is 4.79 Å². The Hall–Kier alpha value is -2.36. The van der Waals surface area contributed by atoms with Gasteiger partial charge in [0.15, 0.2) is 0 Å². The van der Waals surface area contributed by atoms with Crippen molar-refractivity contribution in [2.24, 2.45) is 0 Å². The van der Waals surface area contributed by atoms with Crippen molar-refractivity contribution in [2.75, 3.05) is 5.32 Å². The quantitative estimate of drug-likeness (QED) is 0.551. The van der Waals surface area contributed by atoms with E-state index >= 15 is 0 Å². The van der Waals surface area contributed by atoms with Crippen molar-refractivity contribution in [3.63, 3.8) is 0 Å². The topological polar surface area (TPSA) is 66.4 Å². The lowest BCUT2D eigenvalue weighted by atomic mass is 10.1. The van der Waals surface area contributed by atoms with Gasteiger partial charge in [-0.15, -0.1) is 0 Å². The van der Waals surface area contributed by atoms with Crippen LogP contribution in [0.15, 0.2) is 36.4 Å². The van der Waals surface area contributed by atoms with Crippen LogP contribution < -0.4 is 5.32 Å². The third-order valence-corrected chi connectivity index (χ3v) is 4.38. The number of nitrogens with one attached hydrogen (secondary N) is 1. The number of aromatic carboxylic acids is 1. The van der Waals surface area contributed by atoms with E-state index in [1.54, 1.807) is 18.2 Å². The van der Waals surface area contributed by atoms with Crippen molar-refractivity contribution in [1.29, 1.82) is 0 Å². The molecule has 0 aliphatic heterocycles. The minimum atomic E-state index is -0.936. The van der Waals surface area contributed by atoms with Crippen molar-refractivity contribution in [1.82, 2.24) is 0 Å². The molecule has 0 unspecified atom stereocenters. The van der Waals surface area contributed by atoms with Crippen LogP contribution >= 0.6 is 0 Å². The molecule has 2 rings (SSSR count). The van der Waals surface area contributed by atoms with Crippen LogP contribution in [0.25, 0.3) is 10.8 Å². The number of fused-ring (bicyclic) bond motifs is 1. The lowest BCUT2D eigenvalue weighted by molar-refractivity contribution is -0.116. The number of hydrogen-bond donors (Lipinski definition) is 2. The summed E-state index contributed by atoms with van der Waals surface area (Å²) < 4.78 is 0. The summed E-state index contributed by atoms with van der Waals surface area (Å²) >= 11 is 0. The lowest BCUT2D eigenvalue weighted by Crippen LogP contribution is -2.10. The largest absolute Gasteiger partial charge is 0.478 e. The summed E-state index contributed by atoms with van der Waals surface area (Å²) in [7, 11) is 0. The SMILES string of the molecule is CCCCCCCCCC(=O)Nc1ccc2cc(C(=O)O)ccc2c1. The third kappa shape index (κ3) is 6.22. The van der Waals surface area contributed by atoms with E-state index < -0.39 is 5.97 Å². The molecule has 0 aromatic heterocycles. The van der Waals surface area contributed by atoms with Gasteiger partial charge in [-0.05, 0) is 41.5 Å². The van der Waals surface area contributed by atoms with Gasteiger partial charge in [0.25, 0.3) is 0 Å². The number of benzene rings is 2. The van der Waals surface area contributed by atoms with Crippen LogP contribution in [-0.2, 0) is 4.79 Å². The summed E-state index contributed by atoms with van der Waals surface area (Å²) in [6.07, 6.45) is 8.89. The molecule has 4 heteroatoms. The van der Waals surface area contributed by atoms with Crippen LogP contribution in [0.5, 0.6) is 0 Å². The van der Waals surface area contributed by atoms with E-state index in [9.17, 15) is 9.59 Å². The maximum absolute atomic E-state index is 12.0. The summed E-state index contributed by atoms with van der Waals surface area (Å²) in [6, 6.07) is 10.5. The van der Waals surface area contributed by atoms with Gasteiger partial charge in [-0.25, -0.2) is 4.79 Å². The zero-order valence-electron chi connectivity index (χ0n) is 14.9.